The number of piperazine rings is 1. The average molecular weight is 446 g/mol. The third-order valence-corrected chi connectivity index (χ3v) is 7.60. The van der Waals surface area contributed by atoms with Crippen LogP contribution in [-0.2, 0) is 20.6 Å². The van der Waals surface area contributed by atoms with Gasteiger partial charge in [-0.3, -0.25) is 4.79 Å². The molecule has 1 fully saturated rings. The molecule has 3 rings (SSSR count). The number of carbonyl (C=O) groups is 1. The van der Waals surface area contributed by atoms with E-state index in [2.05, 4.69) is 16.0 Å². The zero-order valence-electron chi connectivity index (χ0n) is 16.9. The number of thioether (sulfide) groups is 1. The second-order valence-electron chi connectivity index (χ2n) is 6.96. The zero-order chi connectivity index (χ0) is 21.7. The van der Waals surface area contributed by atoms with E-state index in [1.807, 2.05) is 18.2 Å². The molecule has 2 heterocycles. The van der Waals surface area contributed by atoms with Gasteiger partial charge in [0.25, 0.3) is 0 Å². The maximum absolute atomic E-state index is 12.7. The van der Waals surface area contributed by atoms with Gasteiger partial charge >= 0.3 is 0 Å². The predicted molar refractivity (Wildman–Crippen MR) is 114 cm³/mol. The van der Waals surface area contributed by atoms with Crippen LogP contribution in [0, 0.1) is 25.2 Å². The first kappa shape index (κ1) is 22.2. The second-order valence-corrected chi connectivity index (χ2v) is 9.89. The van der Waals surface area contributed by atoms with Crippen molar-refractivity contribution in [3.8, 4) is 6.07 Å². The van der Waals surface area contributed by atoms with E-state index >= 15 is 0 Å². The molecule has 158 valence electrons. The number of benzene rings is 1. The van der Waals surface area contributed by atoms with Crippen LogP contribution in [0.1, 0.15) is 22.6 Å². The van der Waals surface area contributed by atoms with Crippen LogP contribution in [0.3, 0.4) is 0 Å². The fourth-order valence-electron chi connectivity index (χ4n) is 3.23. The van der Waals surface area contributed by atoms with Gasteiger partial charge in [0.2, 0.25) is 15.9 Å². The van der Waals surface area contributed by atoms with Crippen molar-refractivity contribution in [2.24, 2.45) is 0 Å². The molecule has 1 aliphatic heterocycles. The maximum atomic E-state index is 12.7. The molecule has 0 N–H and O–H groups in total. The van der Waals surface area contributed by atoms with Crippen molar-refractivity contribution in [2.45, 2.75) is 24.6 Å². The quantitative estimate of drug-likeness (QED) is 0.492. The van der Waals surface area contributed by atoms with Crippen LogP contribution >= 0.6 is 11.8 Å². The number of hydrogen-bond donors (Lipinski definition) is 0. The van der Waals surface area contributed by atoms with Crippen molar-refractivity contribution in [2.75, 3.05) is 31.9 Å². The Kier molecular flexibility index (Phi) is 7.07. The molecule has 1 amide bonds. The SMILES string of the molecule is Cc1nc(C)c(C#N)c(SCC(=O)N2CCN(S(=O)(=O)Cc3ccccc3)CC2)n1. The molecule has 0 bridgehead atoms. The third kappa shape index (κ3) is 5.36. The van der Waals surface area contributed by atoms with Crippen molar-refractivity contribution in [1.29, 1.82) is 5.26 Å². The molecule has 1 aromatic carbocycles. The van der Waals surface area contributed by atoms with E-state index in [1.54, 1.807) is 30.9 Å². The van der Waals surface area contributed by atoms with E-state index in [4.69, 9.17) is 0 Å². The van der Waals surface area contributed by atoms with E-state index in [0.29, 0.717) is 35.2 Å². The minimum atomic E-state index is -3.42. The largest absolute Gasteiger partial charge is 0.339 e. The summed E-state index contributed by atoms with van der Waals surface area (Å²) in [5.41, 5.74) is 1.73. The summed E-state index contributed by atoms with van der Waals surface area (Å²) in [5, 5.41) is 9.81. The van der Waals surface area contributed by atoms with Crippen molar-refractivity contribution < 1.29 is 13.2 Å². The molecule has 2 aromatic rings. The van der Waals surface area contributed by atoms with E-state index < -0.39 is 10.0 Å². The molecular weight excluding hydrogens is 422 g/mol. The highest BCUT2D eigenvalue weighted by molar-refractivity contribution is 8.00. The lowest BCUT2D eigenvalue weighted by atomic mass is 10.2. The second kappa shape index (κ2) is 9.55. The summed E-state index contributed by atoms with van der Waals surface area (Å²) in [6, 6.07) is 11.2. The van der Waals surface area contributed by atoms with Crippen molar-refractivity contribution in [3.63, 3.8) is 0 Å². The molecule has 0 unspecified atom stereocenters. The van der Waals surface area contributed by atoms with Crippen LogP contribution in [0.5, 0.6) is 0 Å². The minimum absolute atomic E-state index is 0.0407. The molecule has 0 atom stereocenters. The number of hydrogen-bond acceptors (Lipinski definition) is 7. The standard InChI is InChI=1S/C20H23N5O3S2/c1-15-18(12-21)20(23-16(2)22-15)29-13-19(26)24-8-10-25(11-9-24)30(27,28)14-17-6-4-3-5-7-17/h3-7H,8-11,13-14H2,1-2H3. The highest BCUT2D eigenvalue weighted by atomic mass is 32.2. The van der Waals surface area contributed by atoms with Gasteiger partial charge in [-0.05, 0) is 19.4 Å². The van der Waals surface area contributed by atoms with Crippen molar-refractivity contribution >= 4 is 27.7 Å². The zero-order valence-corrected chi connectivity index (χ0v) is 18.5. The van der Waals surface area contributed by atoms with Gasteiger partial charge in [0.1, 0.15) is 22.5 Å². The Labute approximate surface area is 181 Å². The van der Waals surface area contributed by atoms with Crippen LogP contribution in [0.2, 0.25) is 0 Å². The predicted octanol–water partition coefficient (Wildman–Crippen LogP) is 1.73. The Morgan fingerprint density at radius 3 is 2.43 bits per heavy atom. The van der Waals surface area contributed by atoms with Gasteiger partial charge in [0.05, 0.1) is 17.2 Å². The van der Waals surface area contributed by atoms with Gasteiger partial charge < -0.3 is 4.90 Å². The molecule has 0 saturated carbocycles. The van der Waals surface area contributed by atoms with Gasteiger partial charge in [0.15, 0.2) is 0 Å². The summed E-state index contributed by atoms with van der Waals surface area (Å²) in [7, 11) is -3.42. The molecule has 1 saturated heterocycles. The third-order valence-electron chi connectivity index (χ3n) is 4.79. The topological polar surface area (TPSA) is 107 Å². The summed E-state index contributed by atoms with van der Waals surface area (Å²) in [4.78, 5) is 22.7. The Hall–Kier alpha value is -2.48. The molecule has 0 spiro atoms. The van der Waals surface area contributed by atoms with Crippen molar-refractivity contribution in [3.05, 3.63) is 53.0 Å². The lowest BCUT2D eigenvalue weighted by Gasteiger charge is -2.34. The molecule has 30 heavy (non-hydrogen) atoms. The molecule has 1 aliphatic rings. The highest BCUT2D eigenvalue weighted by Crippen LogP contribution is 2.23. The van der Waals surface area contributed by atoms with Crippen LogP contribution in [0.15, 0.2) is 35.4 Å². The van der Waals surface area contributed by atoms with Crippen LogP contribution < -0.4 is 0 Å². The molecule has 0 radical (unpaired) electrons. The normalized spacial score (nSPS) is 15.0. The lowest BCUT2D eigenvalue weighted by Crippen LogP contribution is -2.51. The molecule has 10 heteroatoms. The molecular formula is C20H23N5O3S2. The number of nitriles is 1. The summed E-state index contributed by atoms with van der Waals surface area (Å²) in [6.07, 6.45) is 0. The monoisotopic (exact) mass is 445 g/mol. The summed E-state index contributed by atoms with van der Waals surface area (Å²) in [5.74, 6) is 0.555. The average Bonchev–Trinajstić information content (AvgIpc) is 2.72. The Morgan fingerprint density at radius 2 is 1.80 bits per heavy atom. The first-order valence-corrected chi connectivity index (χ1v) is 12.1. The van der Waals surface area contributed by atoms with Crippen molar-refractivity contribution in [1.82, 2.24) is 19.2 Å². The Morgan fingerprint density at radius 1 is 1.13 bits per heavy atom. The van der Waals surface area contributed by atoms with E-state index in [0.717, 1.165) is 5.56 Å². The van der Waals surface area contributed by atoms with Gasteiger partial charge in [-0.25, -0.2) is 18.4 Å². The van der Waals surface area contributed by atoms with E-state index in [9.17, 15) is 18.5 Å². The minimum Gasteiger partial charge on any atom is -0.339 e. The number of nitrogens with zero attached hydrogens (tertiary/aromatic N) is 5. The Bertz CT molecular complexity index is 1060. The van der Waals surface area contributed by atoms with Gasteiger partial charge in [-0.1, -0.05) is 42.1 Å². The van der Waals surface area contributed by atoms with Crippen LogP contribution in [0.25, 0.3) is 0 Å². The summed E-state index contributed by atoms with van der Waals surface area (Å²) < 4.78 is 26.7. The molecule has 1 aromatic heterocycles. The number of rotatable bonds is 6. The first-order chi connectivity index (χ1) is 14.3. The van der Waals surface area contributed by atoms with Crippen LogP contribution in [-0.4, -0.2) is 65.4 Å². The maximum Gasteiger partial charge on any atom is 0.233 e. The van der Waals surface area contributed by atoms with Gasteiger partial charge in [-0.15, -0.1) is 0 Å². The molecule has 0 aliphatic carbocycles. The number of amides is 1. The van der Waals surface area contributed by atoms with Gasteiger partial charge in [-0.2, -0.15) is 9.57 Å². The first-order valence-electron chi connectivity index (χ1n) is 9.48. The fraction of sp³-hybridized carbons (Fsp3) is 0.400. The number of aryl methyl sites for hydroxylation is 2. The number of carbonyl (C=O) groups excluding carboxylic acids is 1. The number of sulfonamides is 1. The summed E-state index contributed by atoms with van der Waals surface area (Å²) >= 11 is 1.21. The van der Waals surface area contributed by atoms with Gasteiger partial charge in [0, 0.05) is 26.2 Å². The van der Waals surface area contributed by atoms with E-state index in [1.165, 1.54) is 16.1 Å². The fourth-order valence-corrected chi connectivity index (χ4v) is 5.72. The number of aromatic nitrogens is 2. The molecule has 8 nitrogen and oxygen atoms in total. The smallest absolute Gasteiger partial charge is 0.233 e. The van der Waals surface area contributed by atoms with Crippen LogP contribution in [0.4, 0.5) is 0 Å². The summed E-state index contributed by atoms with van der Waals surface area (Å²) in [6.45, 7) is 4.74. The Balaban J connectivity index is 1.55. The van der Waals surface area contributed by atoms with E-state index in [-0.39, 0.29) is 30.5 Å². The highest BCUT2D eigenvalue weighted by Gasteiger charge is 2.29. The lowest BCUT2D eigenvalue weighted by molar-refractivity contribution is -0.129.